The van der Waals surface area contributed by atoms with Crippen molar-refractivity contribution >= 4 is 0 Å². The third kappa shape index (κ3) is 9.80. The van der Waals surface area contributed by atoms with Crippen LogP contribution in [-0.4, -0.2) is 25.8 Å². The predicted octanol–water partition coefficient (Wildman–Crippen LogP) is 1.90. The second-order valence-electron chi connectivity index (χ2n) is 3.60. The van der Waals surface area contributed by atoms with Crippen LogP contribution in [0.1, 0.15) is 26.2 Å². The van der Waals surface area contributed by atoms with Gasteiger partial charge in [-0.15, -0.1) is 0 Å². The Morgan fingerprint density at radius 1 is 1.29 bits per heavy atom. The molecule has 0 rings (SSSR count). The topological polar surface area (TPSA) is 38.0 Å². The van der Waals surface area contributed by atoms with Crippen molar-refractivity contribution in [2.24, 2.45) is 11.7 Å². The average molecular weight is 212 g/mol. The third-order valence-electron chi connectivity index (χ3n) is 2.04. The van der Waals surface area contributed by atoms with Crippen molar-refractivity contribution in [3.63, 3.8) is 0 Å². The van der Waals surface area contributed by atoms with Gasteiger partial charge in [0.15, 0.2) is 0 Å². The van der Waals surface area contributed by atoms with E-state index in [1.807, 2.05) is 6.92 Å². The second kappa shape index (κ2) is 7.06. The molecule has 0 aliphatic heterocycles. The van der Waals surface area contributed by atoms with Crippen LogP contribution in [0.3, 0.4) is 0 Å². The maximum absolute atomic E-state index is 11.7. The SMILES string of the molecule is CC(CN)CCCNCCC(F)(F)F. The molecule has 0 radical (unpaired) electrons. The van der Waals surface area contributed by atoms with Gasteiger partial charge >= 0.3 is 6.18 Å². The number of rotatable bonds is 7. The van der Waals surface area contributed by atoms with E-state index >= 15 is 0 Å². The summed E-state index contributed by atoms with van der Waals surface area (Å²) in [6.45, 7) is 3.33. The molecule has 1 unspecified atom stereocenters. The maximum Gasteiger partial charge on any atom is 0.390 e. The van der Waals surface area contributed by atoms with Gasteiger partial charge in [0.25, 0.3) is 0 Å². The summed E-state index contributed by atoms with van der Waals surface area (Å²) in [5.41, 5.74) is 5.40. The summed E-state index contributed by atoms with van der Waals surface area (Å²) in [4.78, 5) is 0. The molecule has 0 saturated carbocycles. The van der Waals surface area contributed by atoms with Gasteiger partial charge < -0.3 is 11.1 Å². The molecule has 0 aliphatic rings. The fourth-order valence-corrected chi connectivity index (χ4v) is 1.05. The minimum Gasteiger partial charge on any atom is -0.330 e. The molecular formula is C9H19F3N2. The molecule has 5 heteroatoms. The molecule has 86 valence electrons. The van der Waals surface area contributed by atoms with Gasteiger partial charge in [0.1, 0.15) is 0 Å². The van der Waals surface area contributed by atoms with E-state index in [0.29, 0.717) is 19.0 Å². The smallest absolute Gasteiger partial charge is 0.330 e. The van der Waals surface area contributed by atoms with Crippen LogP contribution in [0.15, 0.2) is 0 Å². The standard InChI is InChI=1S/C9H19F3N2/c1-8(7-13)3-2-5-14-6-4-9(10,11)12/h8,14H,2-7,13H2,1H3. The number of hydrogen-bond acceptors (Lipinski definition) is 2. The summed E-state index contributed by atoms with van der Waals surface area (Å²) >= 11 is 0. The molecule has 0 aliphatic carbocycles. The molecule has 0 aromatic rings. The van der Waals surface area contributed by atoms with E-state index in [1.54, 1.807) is 0 Å². The predicted molar refractivity (Wildman–Crippen MR) is 51.0 cm³/mol. The van der Waals surface area contributed by atoms with Gasteiger partial charge in [-0.2, -0.15) is 13.2 Å². The summed E-state index contributed by atoms with van der Waals surface area (Å²) in [5, 5.41) is 2.76. The Balaban J connectivity index is 3.14. The number of nitrogens with two attached hydrogens (primary N) is 1. The number of nitrogens with one attached hydrogen (secondary N) is 1. The molecule has 0 spiro atoms. The van der Waals surface area contributed by atoms with Crippen molar-refractivity contribution in [2.75, 3.05) is 19.6 Å². The molecule has 0 amide bonds. The van der Waals surface area contributed by atoms with Crippen molar-refractivity contribution in [3.8, 4) is 0 Å². The van der Waals surface area contributed by atoms with Crippen LogP contribution >= 0.6 is 0 Å². The van der Waals surface area contributed by atoms with Gasteiger partial charge in [-0.25, -0.2) is 0 Å². The molecule has 0 heterocycles. The summed E-state index contributed by atoms with van der Waals surface area (Å²) in [7, 11) is 0. The zero-order chi connectivity index (χ0) is 11.0. The quantitative estimate of drug-likeness (QED) is 0.632. The third-order valence-corrected chi connectivity index (χ3v) is 2.04. The summed E-state index contributed by atoms with van der Waals surface area (Å²) in [6, 6.07) is 0. The molecule has 1 atom stereocenters. The van der Waals surface area contributed by atoms with Gasteiger partial charge in [0.05, 0.1) is 6.42 Å². The largest absolute Gasteiger partial charge is 0.390 e. The fourth-order valence-electron chi connectivity index (χ4n) is 1.05. The Hall–Kier alpha value is -0.290. The van der Waals surface area contributed by atoms with E-state index in [1.165, 1.54) is 0 Å². The molecule has 3 N–H and O–H groups in total. The summed E-state index contributed by atoms with van der Waals surface area (Å²) in [6.07, 6.45) is -2.94. The number of halogens is 3. The Labute approximate surface area is 83.0 Å². The Morgan fingerprint density at radius 3 is 2.43 bits per heavy atom. The second-order valence-corrected chi connectivity index (χ2v) is 3.60. The zero-order valence-electron chi connectivity index (χ0n) is 8.53. The lowest BCUT2D eigenvalue weighted by Crippen LogP contribution is -2.23. The van der Waals surface area contributed by atoms with E-state index in [0.717, 1.165) is 12.8 Å². The zero-order valence-corrected chi connectivity index (χ0v) is 8.53. The Morgan fingerprint density at radius 2 is 1.93 bits per heavy atom. The van der Waals surface area contributed by atoms with Crippen LogP contribution in [0.5, 0.6) is 0 Å². The van der Waals surface area contributed by atoms with Crippen LogP contribution in [-0.2, 0) is 0 Å². The minimum atomic E-state index is -4.04. The average Bonchev–Trinajstić information content (AvgIpc) is 2.08. The highest BCUT2D eigenvalue weighted by atomic mass is 19.4. The van der Waals surface area contributed by atoms with Crippen LogP contribution in [0, 0.1) is 5.92 Å². The van der Waals surface area contributed by atoms with Crippen LogP contribution < -0.4 is 11.1 Å². The molecule has 0 aromatic carbocycles. The Bertz CT molecular complexity index is 137. The van der Waals surface area contributed by atoms with Gasteiger partial charge in [0.2, 0.25) is 0 Å². The van der Waals surface area contributed by atoms with Crippen molar-refractivity contribution in [2.45, 2.75) is 32.4 Å². The number of alkyl halides is 3. The van der Waals surface area contributed by atoms with E-state index in [9.17, 15) is 13.2 Å². The van der Waals surface area contributed by atoms with Gasteiger partial charge in [-0.3, -0.25) is 0 Å². The fraction of sp³-hybridized carbons (Fsp3) is 1.00. The van der Waals surface area contributed by atoms with E-state index < -0.39 is 12.6 Å². The van der Waals surface area contributed by atoms with E-state index in [-0.39, 0.29) is 6.54 Å². The molecule has 0 fully saturated rings. The highest BCUT2D eigenvalue weighted by molar-refractivity contribution is 4.57. The van der Waals surface area contributed by atoms with Gasteiger partial charge in [-0.05, 0) is 31.8 Å². The van der Waals surface area contributed by atoms with E-state index in [4.69, 9.17) is 5.73 Å². The van der Waals surface area contributed by atoms with Gasteiger partial charge in [-0.1, -0.05) is 6.92 Å². The van der Waals surface area contributed by atoms with Crippen molar-refractivity contribution in [1.82, 2.24) is 5.32 Å². The van der Waals surface area contributed by atoms with Gasteiger partial charge in [0, 0.05) is 6.54 Å². The first-order valence-electron chi connectivity index (χ1n) is 4.93. The lowest BCUT2D eigenvalue weighted by Gasteiger charge is -2.09. The maximum atomic E-state index is 11.7. The lowest BCUT2D eigenvalue weighted by atomic mass is 10.1. The lowest BCUT2D eigenvalue weighted by molar-refractivity contribution is -0.133. The molecule has 0 aromatic heterocycles. The monoisotopic (exact) mass is 212 g/mol. The van der Waals surface area contributed by atoms with Crippen molar-refractivity contribution < 1.29 is 13.2 Å². The molecular weight excluding hydrogens is 193 g/mol. The summed E-state index contributed by atoms with van der Waals surface area (Å²) < 4.78 is 35.1. The number of hydrogen-bond donors (Lipinski definition) is 2. The molecule has 2 nitrogen and oxygen atoms in total. The van der Waals surface area contributed by atoms with Crippen LogP contribution in [0.4, 0.5) is 13.2 Å². The molecule has 14 heavy (non-hydrogen) atoms. The Kier molecular flexibility index (Phi) is 6.92. The first kappa shape index (κ1) is 13.7. The molecule has 0 bridgehead atoms. The first-order chi connectivity index (χ1) is 6.45. The van der Waals surface area contributed by atoms with Crippen LogP contribution in [0.25, 0.3) is 0 Å². The molecule has 0 saturated heterocycles. The first-order valence-corrected chi connectivity index (χ1v) is 4.93. The normalized spacial score (nSPS) is 14.4. The highest BCUT2D eigenvalue weighted by Gasteiger charge is 2.25. The van der Waals surface area contributed by atoms with E-state index in [2.05, 4.69) is 5.32 Å². The van der Waals surface area contributed by atoms with Crippen molar-refractivity contribution in [1.29, 1.82) is 0 Å². The van der Waals surface area contributed by atoms with Crippen molar-refractivity contribution in [3.05, 3.63) is 0 Å². The van der Waals surface area contributed by atoms with Crippen LogP contribution in [0.2, 0.25) is 0 Å². The highest BCUT2D eigenvalue weighted by Crippen LogP contribution is 2.18. The minimum absolute atomic E-state index is 0.0144. The summed E-state index contributed by atoms with van der Waals surface area (Å²) in [5.74, 6) is 0.458.